The van der Waals surface area contributed by atoms with Crippen molar-refractivity contribution < 1.29 is 47.5 Å². The maximum atomic E-state index is 12.2. The van der Waals surface area contributed by atoms with E-state index in [2.05, 4.69) is 0 Å². The molecule has 0 atom stereocenters. The molecule has 10 nitrogen and oxygen atoms in total. The summed E-state index contributed by atoms with van der Waals surface area (Å²) >= 11 is 0. The quantitative estimate of drug-likeness (QED) is 0.0552. The van der Waals surface area contributed by atoms with Gasteiger partial charge in [-0.25, -0.2) is 9.59 Å². The van der Waals surface area contributed by atoms with Crippen molar-refractivity contribution in [3.8, 4) is 23.0 Å². The second-order valence-corrected chi connectivity index (χ2v) is 12.2. The predicted molar refractivity (Wildman–Crippen MR) is 183 cm³/mol. The summed E-state index contributed by atoms with van der Waals surface area (Å²) in [5.74, 6) is 1.84. The van der Waals surface area contributed by atoms with Gasteiger partial charge in [0.1, 0.15) is 0 Å². The third kappa shape index (κ3) is 13.7. The zero-order valence-corrected chi connectivity index (χ0v) is 28.9. The fraction of sp³-hybridized carbons (Fsp3) is 0.500. The van der Waals surface area contributed by atoms with E-state index in [9.17, 15) is 14.4 Å². The number of esters is 3. The normalized spacial score (nSPS) is 12.9. The summed E-state index contributed by atoms with van der Waals surface area (Å²) in [4.78, 5) is 36.1. The summed E-state index contributed by atoms with van der Waals surface area (Å²) in [5, 5.41) is 0. The fourth-order valence-electron chi connectivity index (χ4n) is 4.17. The van der Waals surface area contributed by atoms with Gasteiger partial charge in [-0.1, -0.05) is 19.1 Å². The van der Waals surface area contributed by atoms with Crippen LogP contribution in [-0.4, -0.2) is 65.2 Å². The molecule has 0 N–H and O–H groups in total. The van der Waals surface area contributed by atoms with Gasteiger partial charge in [-0.15, -0.1) is 0 Å². The van der Waals surface area contributed by atoms with Gasteiger partial charge in [0.25, 0.3) is 0 Å². The van der Waals surface area contributed by atoms with Crippen LogP contribution in [0.5, 0.6) is 23.0 Å². The van der Waals surface area contributed by atoms with E-state index in [1.165, 1.54) is 12.2 Å². The lowest BCUT2D eigenvalue weighted by Crippen LogP contribution is -2.26. The van der Waals surface area contributed by atoms with Crippen molar-refractivity contribution in [2.45, 2.75) is 65.7 Å². The molecule has 0 bridgehead atoms. The largest absolute Gasteiger partial charge is 0.493 e. The van der Waals surface area contributed by atoms with E-state index in [1.807, 2.05) is 32.9 Å². The maximum Gasteiger partial charge on any atom is 0.330 e. The molecular weight excluding hydrogens is 616 g/mol. The molecule has 0 amide bonds. The highest BCUT2D eigenvalue weighted by atomic mass is 16.5. The molecule has 0 unspecified atom stereocenters. The Morgan fingerprint density at radius 1 is 0.688 bits per heavy atom. The standard InChI is InChI=1S/C38H50O10/c1-6-38(2,3)37(41)47-24-10-8-22-45-32-17-13-28(25-33(32)42-4)15-19-35(39)46-23-9-7-21-44-31-18-14-29(26-34(31)43-5)16-20-36(40)48-27-30-11-12-30/h13-20,25-26,30H,6-12,21-24,27H2,1-5H3/b19-15+,20-16+. The Labute approximate surface area is 284 Å². The molecule has 10 heteroatoms. The van der Waals surface area contributed by atoms with Gasteiger partial charge in [0.2, 0.25) is 0 Å². The zero-order valence-electron chi connectivity index (χ0n) is 28.9. The van der Waals surface area contributed by atoms with Crippen molar-refractivity contribution in [3.63, 3.8) is 0 Å². The van der Waals surface area contributed by atoms with E-state index in [1.54, 1.807) is 50.6 Å². The Morgan fingerprint density at radius 2 is 1.17 bits per heavy atom. The monoisotopic (exact) mass is 666 g/mol. The van der Waals surface area contributed by atoms with Gasteiger partial charge in [0, 0.05) is 12.2 Å². The molecule has 2 aromatic rings. The average Bonchev–Trinajstić information content (AvgIpc) is 3.93. The second kappa shape index (κ2) is 20.0. The number of methoxy groups -OCH3 is 2. The Bertz CT molecular complexity index is 1390. The Balaban J connectivity index is 1.31. The molecule has 0 radical (unpaired) electrons. The molecule has 2 aromatic carbocycles. The van der Waals surface area contributed by atoms with E-state index >= 15 is 0 Å². The number of carbonyl (C=O) groups is 3. The number of rotatable bonds is 22. The molecule has 1 aliphatic carbocycles. The molecule has 0 saturated heterocycles. The van der Waals surface area contributed by atoms with Gasteiger partial charge < -0.3 is 33.2 Å². The van der Waals surface area contributed by atoms with Crippen LogP contribution in [-0.2, 0) is 28.6 Å². The van der Waals surface area contributed by atoms with Crippen molar-refractivity contribution in [3.05, 3.63) is 59.7 Å². The summed E-state index contributed by atoms with van der Waals surface area (Å²) in [6.07, 6.45) is 11.9. The van der Waals surface area contributed by atoms with Crippen LogP contribution in [0, 0.1) is 11.3 Å². The van der Waals surface area contributed by atoms with Gasteiger partial charge in [0.05, 0.1) is 52.7 Å². The van der Waals surface area contributed by atoms with Crippen LogP contribution in [0.1, 0.15) is 76.8 Å². The van der Waals surface area contributed by atoms with Crippen molar-refractivity contribution in [1.82, 2.24) is 0 Å². The number of benzene rings is 2. The van der Waals surface area contributed by atoms with E-state index in [0.29, 0.717) is 74.6 Å². The van der Waals surface area contributed by atoms with Crippen LogP contribution >= 0.6 is 0 Å². The summed E-state index contributed by atoms with van der Waals surface area (Å²) in [6, 6.07) is 10.8. The third-order valence-electron chi connectivity index (χ3n) is 7.86. The number of carbonyl (C=O) groups excluding carboxylic acids is 3. The van der Waals surface area contributed by atoms with Crippen molar-refractivity contribution in [2.24, 2.45) is 11.3 Å². The Morgan fingerprint density at radius 3 is 1.65 bits per heavy atom. The number of hydrogen-bond acceptors (Lipinski definition) is 10. The summed E-state index contributed by atoms with van der Waals surface area (Å²) in [6.45, 7) is 7.71. The van der Waals surface area contributed by atoms with Crippen LogP contribution < -0.4 is 18.9 Å². The number of hydrogen-bond donors (Lipinski definition) is 0. The van der Waals surface area contributed by atoms with Crippen molar-refractivity contribution >= 4 is 30.1 Å². The molecule has 0 spiro atoms. The fourth-order valence-corrected chi connectivity index (χ4v) is 4.17. The molecule has 0 aliphatic heterocycles. The molecule has 3 rings (SSSR count). The first-order valence-corrected chi connectivity index (χ1v) is 16.6. The van der Waals surface area contributed by atoms with E-state index in [4.69, 9.17) is 33.2 Å². The molecule has 0 heterocycles. The molecule has 262 valence electrons. The minimum Gasteiger partial charge on any atom is -0.493 e. The molecule has 1 aliphatic rings. The Hall–Kier alpha value is -4.47. The molecule has 1 fully saturated rings. The van der Waals surface area contributed by atoms with Crippen molar-refractivity contribution in [2.75, 3.05) is 47.3 Å². The van der Waals surface area contributed by atoms with E-state index in [0.717, 1.165) is 36.8 Å². The van der Waals surface area contributed by atoms with Crippen LogP contribution in [0.4, 0.5) is 0 Å². The lowest BCUT2D eigenvalue weighted by Gasteiger charge is -2.20. The Kier molecular flexibility index (Phi) is 15.8. The summed E-state index contributed by atoms with van der Waals surface area (Å²) in [7, 11) is 3.12. The van der Waals surface area contributed by atoms with Gasteiger partial charge >= 0.3 is 17.9 Å². The lowest BCUT2D eigenvalue weighted by atomic mass is 9.91. The first-order chi connectivity index (χ1) is 23.1. The van der Waals surface area contributed by atoms with Crippen molar-refractivity contribution in [1.29, 1.82) is 0 Å². The molecule has 48 heavy (non-hydrogen) atoms. The molecule has 1 saturated carbocycles. The second-order valence-electron chi connectivity index (χ2n) is 12.2. The summed E-state index contributed by atoms with van der Waals surface area (Å²) < 4.78 is 38.5. The van der Waals surface area contributed by atoms with Crippen LogP contribution in [0.25, 0.3) is 12.2 Å². The SMILES string of the molecule is CCC(C)(C)C(=O)OCCCCOc1ccc(/C=C/C(=O)OCCCCOc2ccc(/C=C/C(=O)OCC3CC3)cc2OC)cc1OC. The van der Waals surface area contributed by atoms with Gasteiger partial charge in [-0.2, -0.15) is 0 Å². The van der Waals surface area contributed by atoms with Gasteiger partial charge in [-0.05, 0) is 112 Å². The third-order valence-corrected chi connectivity index (χ3v) is 7.86. The van der Waals surface area contributed by atoms with E-state index < -0.39 is 11.4 Å². The lowest BCUT2D eigenvalue weighted by molar-refractivity contribution is -0.154. The maximum absolute atomic E-state index is 12.2. The van der Waals surface area contributed by atoms with Crippen LogP contribution in [0.15, 0.2) is 48.6 Å². The van der Waals surface area contributed by atoms with Crippen LogP contribution in [0.2, 0.25) is 0 Å². The topological polar surface area (TPSA) is 116 Å². The highest BCUT2D eigenvalue weighted by Crippen LogP contribution is 2.31. The van der Waals surface area contributed by atoms with Crippen LogP contribution in [0.3, 0.4) is 0 Å². The summed E-state index contributed by atoms with van der Waals surface area (Å²) in [5.41, 5.74) is 1.09. The predicted octanol–water partition coefficient (Wildman–Crippen LogP) is 7.22. The highest BCUT2D eigenvalue weighted by molar-refractivity contribution is 5.87. The smallest absolute Gasteiger partial charge is 0.330 e. The van der Waals surface area contributed by atoms with Gasteiger partial charge in [0.15, 0.2) is 23.0 Å². The molecular formula is C38H50O10. The van der Waals surface area contributed by atoms with Gasteiger partial charge in [-0.3, -0.25) is 4.79 Å². The number of ether oxygens (including phenoxy) is 7. The van der Waals surface area contributed by atoms with E-state index in [-0.39, 0.29) is 18.5 Å². The first-order valence-electron chi connectivity index (χ1n) is 16.6. The minimum atomic E-state index is -0.467. The average molecular weight is 667 g/mol. The first kappa shape index (κ1) is 38.0. The number of unbranched alkanes of at least 4 members (excludes halogenated alkanes) is 2. The molecule has 0 aromatic heterocycles. The zero-order chi connectivity index (χ0) is 34.8. The minimum absolute atomic E-state index is 0.180. The highest BCUT2D eigenvalue weighted by Gasteiger charge is 2.26.